The maximum Gasteiger partial charge on any atom is 0.352 e. The number of thiazole rings is 1. The van der Waals surface area contributed by atoms with E-state index in [2.05, 4.69) is 15.5 Å². The lowest BCUT2D eigenvalue weighted by Crippen LogP contribution is -2.71. The molecule has 38 heavy (non-hydrogen) atoms. The van der Waals surface area contributed by atoms with E-state index in [0.717, 1.165) is 28.0 Å². The highest BCUT2D eigenvalue weighted by Gasteiger charge is 2.54. The monoisotopic (exact) mass is 605 g/mol. The summed E-state index contributed by atoms with van der Waals surface area (Å²) in [6.07, 6.45) is 1.37. The molecule has 0 saturated carbocycles. The van der Waals surface area contributed by atoms with Gasteiger partial charge in [-0.1, -0.05) is 16.9 Å². The number of hydrogen-bond acceptors (Lipinski definition) is 13. The van der Waals surface area contributed by atoms with Gasteiger partial charge in [0.1, 0.15) is 29.9 Å². The number of aliphatic hydroxyl groups excluding tert-OH is 1. The number of amides is 2. The number of carbonyl (C=O) groups excluding carboxylic acids is 3. The molecule has 2 aliphatic rings. The summed E-state index contributed by atoms with van der Waals surface area (Å²) in [5, 5.41) is 24.4. The minimum absolute atomic E-state index is 0. The lowest BCUT2D eigenvalue weighted by atomic mass is 10.0. The number of carboxylic acids is 1. The van der Waals surface area contributed by atoms with Crippen molar-refractivity contribution in [1.82, 2.24) is 15.2 Å². The summed E-state index contributed by atoms with van der Waals surface area (Å²) in [6.45, 7) is 1.93. The quantitative estimate of drug-likeness (QED) is 0.192. The summed E-state index contributed by atoms with van der Waals surface area (Å²) in [5.74, 6) is -2.08. The van der Waals surface area contributed by atoms with Crippen LogP contribution in [0, 0.1) is 0 Å². The number of hydrogen-bond donors (Lipinski definition) is 4. The first-order valence-electron chi connectivity index (χ1n) is 10.6. The van der Waals surface area contributed by atoms with Gasteiger partial charge in [0.2, 0.25) is 0 Å². The van der Waals surface area contributed by atoms with Gasteiger partial charge in [0.05, 0.1) is 6.26 Å². The van der Waals surface area contributed by atoms with Crippen molar-refractivity contribution in [2.24, 2.45) is 5.16 Å². The van der Waals surface area contributed by atoms with Crippen LogP contribution < -0.4 is 11.1 Å². The first kappa shape index (κ1) is 31.2. The molecule has 0 aromatic carbocycles. The fraction of sp³-hybridized carbons (Fsp3) is 0.333. The number of rotatable bonds is 8. The van der Waals surface area contributed by atoms with Crippen LogP contribution in [0.4, 0.5) is 5.13 Å². The number of furan rings is 1. The SMILES string of the molecule is CCO.CO/N=C(\C(=O)N[C@@H]1C(=O)N2C(C(=O)O)=C(CSC(=O)c3ccco3)CS[C@H]12)c1csc(N)n1.Cl. The van der Waals surface area contributed by atoms with Gasteiger partial charge in [-0.15, -0.1) is 35.5 Å². The topological polar surface area (TPSA) is 198 Å². The van der Waals surface area contributed by atoms with Gasteiger partial charge in [-0.25, -0.2) is 9.78 Å². The number of aliphatic carboxylic acids is 1. The van der Waals surface area contributed by atoms with Gasteiger partial charge in [-0.3, -0.25) is 19.3 Å². The van der Waals surface area contributed by atoms with Gasteiger partial charge in [0.15, 0.2) is 16.6 Å². The average Bonchev–Trinajstić information content (AvgIpc) is 3.56. The number of nitrogens with zero attached hydrogens (tertiary/aromatic N) is 3. The first-order valence-corrected chi connectivity index (χ1v) is 13.5. The molecule has 2 aromatic rings. The van der Waals surface area contributed by atoms with Crippen molar-refractivity contribution < 1.29 is 38.6 Å². The van der Waals surface area contributed by atoms with E-state index in [-0.39, 0.29) is 63.6 Å². The molecule has 0 unspecified atom stereocenters. The first-order chi connectivity index (χ1) is 17.7. The van der Waals surface area contributed by atoms with Crippen LogP contribution in [0.3, 0.4) is 0 Å². The molecule has 206 valence electrons. The zero-order valence-electron chi connectivity index (χ0n) is 20.0. The number of nitrogen functional groups attached to an aromatic ring is 1. The predicted molar refractivity (Wildman–Crippen MR) is 145 cm³/mol. The van der Waals surface area contributed by atoms with Crippen LogP contribution >= 0.6 is 47.3 Å². The predicted octanol–water partition coefficient (Wildman–Crippen LogP) is 1.40. The van der Waals surface area contributed by atoms with Crippen molar-refractivity contribution in [1.29, 1.82) is 0 Å². The molecule has 1 saturated heterocycles. The van der Waals surface area contributed by atoms with Crippen LogP contribution in [0.2, 0.25) is 0 Å². The molecule has 0 spiro atoms. The maximum absolute atomic E-state index is 12.8. The van der Waals surface area contributed by atoms with Crippen LogP contribution in [0.5, 0.6) is 0 Å². The fourth-order valence-corrected chi connectivity index (χ4v) is 6.14. The fourth-order valence-electron chi connectivity index (χ4n) is 3.31. The van der Waals surface area contributed by atoms with Gasteiger partial charge < -0.3 is 30.5 Å². The summed E-state index contributed by atoms with van der Waals surface area (Å²) in [4.78, 5) is 59.6. The number of anilines is 1. The Kier molecular flexibility index (Phi) is 11.6. The van der Waals surface area contributed by atoms with Gasteiger partial charge in [0.25, 0.3) is 16.9 Å². The number of carbonyl (C=O) groups is 4. The van der Waals surface area contributed by atoms with Crippen molar-refractivity contribution >= 4 is 81.0 Å². The van der Waals surface area contributed by atoms with Crippen molar-refractivity contribution in [2.75, 3.05) is 31.0 Å². The Morgan fingerprint density at radius 3 is 2.68 bits per heavy atom. The Labute approximate surface area is 235 Å². The van der Waals surface area contributed by atoms with Crippen LogP contribution in [0.25, 0.3) is 0 Å². The van der Waals surface area contributed by atoms with E-state index >= 15 is 0 Å². The zero-order valence-corrected chi connectivity index (χ0v) is 23.2. The molecule has 17 heteroatoms. The molecule has 0 bridgehead atoms. The van der Waals surface area contributed by atoms with Crippen molar-refractivity contribution in [3.8, 4) is 0 Å². The minimum atomic E-state index is -1.29. The minimum Gasteiger partial charge on any atom is -0.477 e. The Morgan fingerprint density at radius 1 is 1.42 bits per heavy atom. The number of nitrogens with one attached hydrogen (secondary N) is 1. The van der Waals surface area contributed by atoms with E-state index in [1.807, 2.05) is 0 Å². The molecule has 1 fully saturated rings. The van der Waals surface area contributed by atoms with Gasteiger partial charge >= 0.3 is 5.97 Å². The molecule has 0 radical (unpaired) electrons. The Hall–Kier alpha value is -3.05. The van der Waals surface area contributed by atoms with Crippen molar-refractivity contribution in [3.63, 3.8) is 0 Å². The summed E-state index contributed by atoms with van der Waals surface area (Å²) in [5.41, 5.74) is 5.89. The standard InChI is InChI=1S/C19H17N5O7S3.C2H6O.ClH/c1-30-23-11(9-7-34-19(20)21-9)14(25)22-12-15(26)24-13(17(27)28)8(5-32-16(12)24)6-33-18(29)10-3-2-4-31-10;1-2-3;/h2-4,7,12,16H,5-6H2,1H3,(H2,20,21)(H,22,25)(H,27,28);3H,2H2,1H3;1H/b23-11-;;/t12-,16-;;/m1../s1. The van der Waals surface area contributed by atoms with Crippen molar-refractivity contribution in [3.05, 3.63) is 46.5 Å². The number of fused-ring (bicyclic) bond motifs is 1. The number of halogens is 1. The normalized spacial score (nSPS) is 18.3. The molecule has 2 aromatic heterocycles. The Morgan fingerprint density at radius 2 is 2.13 bits per heavy atom. The molecule has 4 rings (SSSR count). The van der Waals surface area contributed by atoms with Crippen LogP contribution in [-0.2, 0) is 19.2 Å². The summed E-state index contributed by atoms with van der Waals surface area (Å²) < 4.78 is 5.05. The average molecular weight is 606 g/mol. The Balaban J connectivity index is 0.00000121. The Bertz CT molecular complexity index is 1230. The molecule has 13 nitrogen and oxygen atoms in total. The smallest absolute Gasteiger partial charge is 0.352 e. The zero-order chi connectivity index (χ0) is 27.1. The highest BCUT2D eigenvalue weighted by molar-refractivity contribution is 8.14. The summed E-state index contributed by atoms with van der Waals surface area (Å²) in [6, 6.07) is 2.13. The molecule has 2 aliphatic heterocycles. The highest BCUT2D eigenvalue weighted by Crippen LogP contribution is 2.41. The van der Waals surface area contributed by atoms with Gasteiger partial charge in [0, 0.05) is 23.5 Å². The second kappa shape index (κ2) is 14.2. The second-order valence-corrected chi connectivity index (χ2v) is 10.1. The maximum atomic E-state index is 12.8. The van der Waals surface area contributed by atoms with E-state index in [4.69, 9.17) is 20.1 Å². The lowest BCUT2D eigenvalue weighted by Gasteiger charge is -2.49. The molecule has 2 amide bonds. The third kappa shape index (κ3) is 6.87. The van der Waals surface area contributed by atoms with E-state index in [0.29, 0.717) is 5.57 Å². The number of nitrogens with two attached hydrogens (primary N) is 1. The van der Waals surface area contributed by atoms with E-state index in [1.165, 1.54) is 36.6 Å². The number of thioether (sulfide) groups is 2. The highest BCUT2D eigenvalue weighted by atomic mass is 35.5. The number of oxime groups is 1. The van der Waals surface area contributed by atoms with E-state index < -0.39 is 29.2 Å². The van der Waals surface area contributed by atoms with Crippen molar-refractivity contribution in [2.45, 2.75) is 18.3 Å². The second-order valence-electron chi connectivity index (χ2n) is 7.18. The number of β-lactam (4-membered cyclic amide) rings is 1. The van der Waals surface area contributed by atoms with E-state index in [1.54, 1.807) is 13.0 Å². The molecule has 2 atom stereocenters. The third-order valence-electron chi connectivity index (χ3n) is 4.80. The van der Waals surface area contributed by atoms with E-state index in [9.17, 15) is 24.3 Å². The van der Waals surface area contributed by atoms with Gasteiger partial charge in [-0.05, 0) is 24.6 Å². The number of carboxylic acid groups (broad SMARTS) is 1. The van der Waals surface area contributed by atoms with Crippen LogP contribution in [0.1, 0.15) is 23.2 Å². The number of aliphatic hydroxyl groups is 1. The summed E-state index contributed by atoms with van der Waals surface area (Å²) >= 11 is 3.29. The number of aromatic nitrogens is 1. The summed E-state index contributed by atoms with van der Waals surface area (Å²) in [7, 11) is 1.26. The molecular weight excluding hydrogens is 582 g/mol. The molecular formula is C21H24ClN5O8S3. The molecule has 5 N–H and O–H groups in total. The largest absolute Gasteiger partial charge is 0.477 e. The van der Waals surface area contributed by atoms with Gasteiger partial charge in [-0.2, -0.15) is 0 Å². The molecule has 0 aliphatic carbocycles. The lowest BCUT2D eigenvalue weighted by molar-refractivity contribution is -0.150. The van der Waals surface area contributed by atoms with Crippen LogP contribution in [0.15, 0.2) is 44.6 Å². The third-order valence-corrected chi connectivity index (χ3v) is 7.77. The van der Waals surface area contributed by atoms with Crippen LogP contribution in [-0.4, -0.2) is 85.3 Å². The molecule has 4 heterocycles.